The Morgan fingerprint density at radius 2 is 0.938 bits per heavy atom. The van der Waals surface area contributed by atoms with E-state index in [2.05, 4.69) is 134 Å². The minimum absolute atomic E-state index is 0.573. The largest absolute Gasteiger partial charge is 0.308 e. The quantitative estimate of drug-likeness (QED) is 0.197. The van der Waals surface area contributed by atoms with Crippen LogP contribution in [-0.4, -0.2) is 9.13 Å². The van der Waals surface area contributed by atoms with E-state index >= 15 is 0 Å². The Kier molecular flexibility index (Phi) is 7.59. The normalized spacial score (nSPS) is 11.1. The maximum Gasteiger partial charge on any atom is 0.104 e. The van der Waals surface area contributed by atoms with E-state index in [1.165, 1.54) is 0 Å². The molecule has 0 atom stereocenters. The summed E-state index contributed by atoms with van der Waals surface area (Å²) in [6, 6.07) is 43.0. The van der Waals surface area contributed by atoms with Gasteiger partial charge in [-0.15, -0.1) is 0 Å². The summed E-state index contributed by atoms with van der Waals surface area (Å²) in [5.41, 5.74) is 13.4. The van der Waals surface area contributed by atoms with Crippen LogP contribution >= 0.6 is 0 Å². The lowest BCUT2D eigenvalue weighted by Gasteiger charge is -2.20. The van der Waals surface area contributed by atoms with Crippen molar-refractivity contribution in [2.45, 2.75) is 41.5 Å². The van der Waals surface area contributed by atoms with Crippen LogP contribution in [0.1, 0.15) is 47.2 Å². The molecule has 4 nitrogen and oxygen atoms in total. The van der Waals surface area contributed by atoms with E-state index in [9.17, 15) is 10.5 Å². The van der Waals surface area contributed by atoms with Crippen molar-refractivity contribution in [3.8, 4) is 34.6 Å². The summed E-state index contributed by atoms with van der Waals surface area (Å²) in [5.74, 6) is 0. The van der Waals surface area contributed by atoms with Gasteiger partial charge < -0.3 is 9.13 Å². The summed E-state index contributed by atoms with van der Waals surface area (Å²) in [4.78, 5) is 0. The molecule has 4 heteroatoms. The van der Waals surface area contributed by atoms with Crippen molar-refractivity contribution in [3.05, 3.63) is 143 Å². The summed E-state index contributed by atoms with van der Waals surface area (Å²) in [6.07, 6.45) is 0. The lowest BCUT2D eigenvalue weighted by molar-refractivity contribution is 1.11. The molecule has 0 spiro atoms. The molecule has 0 aliphatic rings. The van der Waals surface area contributed by atoms with Crippen molar-refractivity contribution >= 4 is 43.6 Å². The van der Waals surface area contributed by atoms with E-state index in [0.29, 0.717) is 11.1 Å². The first-order valence-electron chi connectivity index (χ1n) is 16.5. The maximum atomic E-state index is 11.2. The summed E-state index contributed by atoms with van der Waals surface area (Å²) in [6.45, 7) is 12.4. The number of rotatable bonds is 3. The highest BCUT2D eigenvalue weighted by atomic mass is 15.0. The summed E-state index contributed by atoms with van der Waals surface area (Å²) < 4.78 is 4.53. The van der Waals surface area contributed by atoms with Crippen LogP contribution in [0.25, 0.3) is 66.1 Å². The molecule has 6 aromatic carbocycles. The molecule has 0 aliphatic heterocycles. The number of aryl methyl sites for hydroxylation is 4. The SMILES string of the molecule is CC.Cc1ccc2c3ccc(C)cc3n(-c3ccc(-c4cccc(C#N)c4)c(-n4c5cc(C)ccc5c5ccc(C)cc54)c3C#N)c2c1. The fourth-order valence-electron chi connectivity index (χ4n) is 7.08. The lowest BCUT2D eigenvalue weighted by Crippen LogP contribution is -2.06. The van der Waals surface area contributed by atoms with Crippen molar-refractivity contribution in [2.75, 3.05) is 0 Å². The summed E-state index contributed by atoms with van der Waals surface area (Å²) in [5, 5.41) is 25.6. The predicted molar refractivity (Wildman–Crippen MR) is 200 cm³/mol. The van der Waals surface area contributed by atoms with E-state index in [1.54, 1.807) is 0 Å². The average Bonchev–Trinajstić information content (AvgIpc) is 3.58. The van der Waals surface area contributed by atoms with Crippen LogP contribution in [0.4, 0.5) is 0 Å². The van der Waals surface area contributed by atoms with E-state index in [1.807, 2.05) is 38.1 Å². The number of aromatic nitrogens is 2. The van der Waals surface area contributed by atoms with Gasteiger partial charge in [-0.25, -0.2) is 0 Å². The highest BCUT2D eigenvalue weighted by molar-refractivity contribution is 6.12. The van der Waals surface area contributed by atoms with Crippen LogP contribution in [0.15, 0.2) is 109 Å². The fraction of sp³-hybridized carbons (Fsp3) is 0.136. The van der Waals surface area contributed by atoms with Crippen molar-refractivity contribution in [2.24, 2.45) is 0 Å². The number of benzene rings is 6. The molecule has 0 fully saturated rings. The van der Waals surface area contributed by atoms with Gasteiger partial charge in [0.25, 0.3) is 0 Å². The van der Waals surface area contributed by atoms with E-state index in [-0.39, 0.29) is 0 Å². The van der Waals surface area contributed by atoms with Gasteiger partial charge in [0, 0.05) is 27.1 Å². The fourth-order valence-corrected chi connectivity index (χ4v) is 7.08. The predicted octanol–water partition coefficient (Wildman–Crippen LogP) is 11.6. The van der Waals surface area contributed by atoms with E-state index in [4.69, 9.17) is 0 Å². The van der Waals surface area contributed by atoms with Gasteiger partial charge in [0.2, 0.25) is 0 Å². The molecule has 2 heterocycles. The van der Waals surface area contributed by atoms with E-state index < -0.39 is 0 Å². The number of hydrogen-bond acceptors (Lipinski definition) is 2. The Bertz CT molecular complexity index is 2530. The second kappa shape index (κ2) is 11.9. The summed E-state index contributed by atoms with van der Waals surface area (Å²) in [7, 11) is 0. The molecule has 8 rings (SSSR count). The molecule has 0 saturated heterocycles. The lowest BCUT2D eigenvalue weighted by atomic mass is 9.97. The molecular formula is C44H36N4. The highest BCUT2D eigenvalue weighted by Crippen LogP contribution is 2.42. The topological polar surface area (TPSA) is 57.4 Å². The van der Waals surface area contributed by atoms with Crippen LogP contribution in [0.5, 0.6) is 0 Å². The zero-order valence-electron chi connectivity index (χ0n) is 28.2. The standard InChI is InChI=1S/C42H30N4.C2H6/c1-25-8-12-32-33-13-9-26(2)19-39(33)45(38(32)18-25)37-17-16-31(30-7-5-6-29(22-30)23-43)42(36(37)24-44)46-40-20-27(3)10-14-34(40)35-15-11-28(4)21-41(35)46;1-2/h5-22H,1-4H3;1-2H3. The van der Waals surface area contributed by atoms with Crippen LogP contribution in [0.3, 0.4) is 0 Å². The Balaban J connectivity index is 0.00000179. The van der Waals surface area contributed by atoms with Gasteiger partial charge in [0.05, 0.1) is 45.1 Å². The van der Waals surface area contributed by atoms with E-state index in [0.717, 1.165) is 88.4 Å². The first-order valence-corrected chi connectivity index (χ1v) is 16.5. The molecule has 2 aromatic heterocycles. The third-order valence-electron chi connectivity index (χ3n) is 9.19. The minimum atomic E-state index is 0.573. The number of hydrogen-bond donors (Lipinski definition) is 0. The van der Waals surface area contributed by atoms with Crippen molar-refractivity contribution in [1.29, 1.82) is 10.5 Å². The Morgan fingerprint density at radius 1 is 0.479 bits per heavy atom. The first kappa shape index (κ1) is 30.5. The Morgan fingerprint density at radius 3 is 1.38 bits per heavy atom. The third-order valence-corrected chi connectivity index (χ3v) is 9.19. The van der Waals surface area contributed by atoms with Gasteiger partial charge in [-0.1, -0.05) is 80.6 Å². The van der Waals surface area contributed by atoms with Crippen LogP contribution in [0.2, 0.25) is 0 Å². The molecule has 0 amide bonds. The monoisotopic (exact) mass is 620 g/mol. The molecule has 0 radical (unpaired) electrons. The number of nitrogens with zero attached hydrogens (tertiary/aromatic N) is 4. The highest BCUT2D eigenvalue weighted by Gasteiger charge is 2.24. The first-order chi connectivity index (χ1) is 23.4. The number of nitriles is 2. The third kappa shape index (κ3) is 4.74. The average molecular weight is 621 g/mol. The molecule has 48 heavy (non-hydrogen) atoms. The second-order valence-corrected chi connectivity index (χ2v) is 12.4. The molecule has 0 aliphatic carbocycles. The van der Waals surface area contributed by atoms with Crippen LogP contribution < -0.4 is 0 Å². The zero-order chi connectivity index (χ0) is 33.7. The zero-order valence-corrected chi connectivity index (χ0v) is 28.2. The van der Waals surface area contributed by atoms with Crippen molar-refractivity contribution < 1.29 is 0 Å². The van der Waals surface area contributed by atoms with Crippen LogP contribution in [-0.2, 0) is 0 Å². The minimum Gasteiger partial charge on any atom is -0.308 e. The smallest absolute Gasteiger partial charge is 0.104 e. The molecule has 0 saturated carbocycles. The molecular weight excluding hydrogens is 585 g/mol. The maximum absolute atomic E-state index is 11.2. The van der Waals surface area contributed by atoms with Crippen molar-refractivity contribution in [1.82, 2.24) is 9.13 Å². The Labute approximate surface area is 281 Å². The van der Waals surface area contributed by atoms with Gasteiger partial charge >= 0.3 is 0 Å². The van der Waals surface area contributed by atoms with Gasteiger partial charge in [-0.3, -0.25) is 0 Å². The molecule has 0 N–H and O–H groups in total. The summed E-state index contributed by atoms with van der Waals surface area (Å²) >= 11 is 0. The van der Waals surface area contributed by atoms with Gasteiger partial charge in [0.15, 0.2) is 0 Å². The molecule has 0 unspecified atom stereocenters. The number of fused-ring (bicyclic) bond motifs is 6. The van der Waals surface area contributed by atoms with Crippen molar-refractivity contribution in [3.63, 3.8) is 0 Å². The molecule has 0 bridgehead atoms. The molecule has 8 aromatic rings. The van der Waals surface area contributed by atoms with Gasteiger partial charge in [0.1, 0.15) is 11.6 Å². The van der Waals surface area contributed by atoms with Gasteiger partial charge in [-0.05, 0) is 98.0 Å². The van der Waals surface area contributed by atoms with Crippen LogP contribution in [0, 0.1) is 50.4 Å². The Hall–Kier alpha value is -6.10. The van der Waals surface area contributed by atoms with Gasteiger partial charge in [-0.2, -0.15) is 10.5 Å². The second-order valence-electron chi connectivity index (χ2n) is 12.4. The molecule has 232 valence electrons.